The summed E-state index contributed by atoms with van der Waals surface area (Å²) in [6.45, 7) is 6.15. The van der Waals surface area contributed by atoms with Crippen molar-refractivity contribution in [1.82, 2.24) is 4.98 Å². The maximum atomic E-state index is 5.79. The molecule has 0 fully saturated rings. The van der Waals surface area contributed by atoms with Gasteiger partial charge in [-0.15, -0.1) is 0 Å². The lowest BCUT2D eigenvalue weighted by Crippen LogP contribution is -1.96. The number of aryl methyl sites for hydroxylation is 3. The number of anilines is 1. The number of aromatic nitrogens is 1. The molecule has 0 bridgehead atoms. The van der Waals surface area contributed by atoms with Gasteiger partial charge in [-0.1, -0.05) is 12.1 Å². The molecule has 0 aliphatic carbocycles. The number of benzene rings is 1. The standard InChI is InChI=1S/C12H14N2/c1-7-4-5-8(2)11-10(7)6-9(3)12(13)14-11/h4-6H,1-3H3,(H2,13,14). The molecule has 0 radical (unpaired) electrons. The molecular weight excluding hydrogens is 172 g/mol. The molecule has 0 unspecified atom stereocenters. The normalized spacial score (nSPS) is 10.8. The number of fused-ring (bicyclic) bond motifs is 1. The maximum absolute atomic E-state index is 5.79. The summed E-state index contributed by atoms with van der Waals surface area (Å²) in [4.78, 5) is 4.41. The second-order valence-corrected chi connectivity index (χ2v) is 3.79. The minimum absolute atomic E-state index is 0.631. The minimum Gasteiger partial charge on any atom is -0.383 e. The summed E-state index contributed by atoms with van der Waals surface area (Å²) < 4.78 is 0. The first-order valence-corrected chi connectivity index (χ1v) is 4.72. The summed E-state index contributed by atoms with van der Waals surface area (Å²) in [5.74, 6) is 0.631. The zero-order chi connectivity index (χ0) is 10.3. The molecule has 0 spiro atoms. The second-order valence-electron chi connectivity index (χ2n) is 3.79. The molecule has 0 aliphatic rings. The lowest BCUT2D eigenvalue weighted by atomic mass is 10.0. The quantitative estimate of drug-likeness (QED) is 0.687. The van der Waals surface area contributed by atoms with E-state index in [2.05, 4.69) is 37.0 Å². The fourth-order valence-electron chi connectivity index (χ4n) is 1.65. The van der Waals surface area contributed by atoms with Crippen LogP contribution in [-0.2, 0) is 0 Å². The summed E-state index contributed by atoms with van der Waals surface area (Å²) in [5.41, 5.74) is 10.3. The van der Waals surface area contributed by atoms with Gasteiger partial charge in [0, 0.05) is 5.39 Å². The summed E-state index contributed by atoms with van der Waals surface area (Å²) in [6.07, 6.45) is 0. The van der Waals surface area contributed by atoms with Crippen molar-refractivity contribution in [2.45, 2.75) is 20.8 Å². The van der Waals surface area contributed by atoms with Crippen LogP contribution < -0.4 is 5.73 Å². The van der Waals surface area contributed by atoms with E-state index in [-0.39, 0.29) is 0 Å². The fourth-order valence-corrected chi connectivity index (χ4v) is 1.65. The van der Waals surface area contributed by atoms with Gasteiger partial charge in [0.15, 0.2) is 0 Å². The molecule has 2 nitrogen and oxygen atoms in total. The summed E-state index contributed by atoms with van der Waals surface area (Å²) in [6, 6.07) is 6.31. The summed E-state index contributed by atoms with van der Waals surface area (Å²) >= 11 is 0. The molecule has 1 aromatic carbocycles. The van der Waals surface area contributed by atoms with Crippen molar-refractivity contribution < 1.29 is 0 Å². The highest BCUT2D eigenvalue weighted by molar-refractivity contribution is 5.87. The molecule has 2 rings (SSSR count). The Bertz CT molecular complexity index is 455. The average Bonchev–Trinajstić information content (AvgIpc) is 2.15. The number of hydrogen-bond donors (Lipinski definition) is 1. The number of pyridine rings is 1. The summed E-state index contributed by atoms with van der Waals surface area (Å²) in [7, 11) is 0. The first-order chi connectivity index (χ1) is 6.59. The third-order valence-corrected chi connectivity index (χ3v) is 2.63. The Morgan fingerprint density at radius 1 is 1.00 bits per heavy atom. The Morgan fingerprint density at radius 3 is 2.36 bits per heavy atom. The van der Waals surface area contributed by atoms with Gasteiger partial charge in [0.2, 0.25) is 0 Å². The molecule has 0 amide bonds. The molecule has 14 heavy (non-hydrogen) atoms. The van der Waals surface area contributed by atoms with E-state index >= 15 is 0 Å². The van der Waals surface area contributed by atoms with E-state index < -0.39 is 0 Å². The largest absolute Gasteiger partial charge is 0.383 e. The van der Waals surface area contributed by atoms with Gasteiger partial charge in [-0.05, 0) is 43.5 Å². The van der Waals surface area contributed by atoms with E-state index in [9.17, 15) is 0 Å². The van der Waals surface area contributed by atoms with E-state index in [0.717, 1.165) is 11.1 Å². The third-order valence-electron chi connectivity index (χ3n) is 2.63. The van der Waals surface area contributed by atoms with Gasteiger partial charge in [-0.25, -0.2) is 4.98 Å². The lowest BCUT2D eigenvalue weighted by Gasteiger charge is -2.07. The Hall–Kier alpha value is -1.57. The molecule has 2 N–H and O–H groups in total. The van der Waals surface area contributed by atoms with Crippen molar-refractivity contribution in [3.05, 3.63) is 34.9 Å². The zero-order valence-electron chi connectivity index (χ0n) is 8.76. The predicted molar refractivity (Wildman–Crippen MR) is 60.4 cm³/mol. The third kappa shape index (κ3) is 1.23. The number of rotatable bonds is 0. The highest BCUT2D eigenvalue weighted by Crippen LogP contribution is 2.23. The molecule has 0 atom stereocenters. The Balaban J connectivity index is 2.94. The van der Waals surface area contributed by atoms with Crippen LogP contribution >= 0.6 is 0 Å². The highest BCUT2D eigenvalue weighted by atomic mass is 14.8. The molecule has 2 heteroatoms. The summed E-state index contributed by atoms with van der Waals surface area (Å²) in [5, 5.41) is 1.21. The second kappa shape index (κ2) is 2.98. The number of hydrogen-bond acceptors (Lipinski definition) is 2. The molecule has 1 aromatic heterocycles. The van der Waals surface area contributed by atoms with Crippen LogP contribution in [0.25, 0.3) is 10.9 Å². The van der Waals surface area contributed by atoms with Crippen LogP contribution in [0, 0.1) is 20.8 Å². The van der Waals surface area contributed by atoms with E-state index in [1.165, 1.54) is 16.5 Å². The van der Waals surface area contributed by atoms with Crippen LogP contribution in [0.5, 0.6) is 0 Å². The van der Waals surface area contributed by atoms with Crippen molar-refractivity contribution in [3.8, 4) is 0 Å². The van der Waals surface area contributed by atoms with Gasteiger partial charge >= 0.3 is 0 Å². The van der Waals surface area contributed by atoms with Crippen LogP contribution in [0.3, 0.4) is 0 Å². The lowest BCUT2D eigenvalue weighted by molar-refractivity contribution is 1.30. The Kier molecular flexibility index (Phi) is 1.92. The van der Waals surface area contributed by atoms with Gasteiger partial charge in [-0.2, -0.15) is 0 Å². The van der Waals surface area contributed by atoms with Gasteiger partial charge in [0.05, 0.1) is 5.52 Å². The van der Waals surface area contributed by atoms with E-state index in [1.807, 2.05) is 6.92 Å². The van der Waals surface area contributed by atoms with E-state index in [1.54, 1.807) is 0 Å². The smallest absolute Gasteiger partial charge is 0.127 e. The molecule has 1 heterocycles. The van der Waals surface area contributed by atoms with Crippen molar-refractivity contribution in [2.24, 2.45) is 0 Å². The average molecular weight is 186 g/mol. The number of nitrogens with zero attached hydrogens (tertiary/aromatic N) is 1. The maximum Gasteiger partial charge on any atom is 0.127 e. The van der Waals surface area contributed by atoms with E-state index in [4.69, 9.17) is 5.73 Å². The monoisotopic (exact) mass is 186 g/mol. The van der Waals surface area contributed by atoms with Crippen molar-refractivity contribution >= 4 is 16.7 Å². The van der Waals surface area contributed by atoms with Crippen LogP contribution in [0.1, 0.15) is 16.7 Å². The number of nitrogens with two attached hydrogens (primary N) is 1. The van der Waals surface area contributed by atoms with Crippen molar-refractivity contribution in [3.63, 3.8) is 0 Å². The first kappa shape index (κ1) is 9.00. The van der Waals surface area contributed by atoms with Crippen molar-refractivity contribution in [1.29, 1.82) is 0 Å². The van der Waals surface area contributed by atoms with Crippen LogP contribution in [0.15, 0.2) is 18.2 Å². The topological polar surface area (TPSA) is 38.9 Å². The molecule has 0 saturated carbocycles. The Labute approximate surface area is 83.8 Å². The molecule has 0 aliphatic heterocycles. The zero-order valence-corrected chi connectivity index (χ0v) is 8.76. The molecular formula is C12H14N2. The molecule has 0 saturated heterocycles. The van der Waals surface area contributed by atoms with Crippen molar-refractivity contribution in [2.75, 3.05) is 5.73 Å². The molecule has 72 valence electrons. The SMILES string of the molecule is Cc1cc2c(C)ccc(C)c2nc1N. The predicted octanol–water partition coefficient (Wildman–Crippen LogP) is 2.74. The van der Waals surface area contributed by atoms with Gasteiger partial charge in [0.1, 0.15) is 5.82 Å². The van der Waals surface area contributed by atoms with Crippen LogP contribution in [-0.4, -0.2) is 4.98 Å². The number of nitrogen functional groups attached to an aromatic ring is 1. The van der Waals surface area contributed by atoms with Crippen LogP contribution in [0.2, 0.25) is 0 Å². The Morgan fingerprint density at radius 2 is 1.64 bits per heavy atom. The van der Waals surface area contributed by atoms with Gasteiger partial charge < -0.3 is 5.73 Å². The fraction of sp³-hybridized carbons (Fsp3) is 0.250. The minimum atomic E-state index is 0.631. The highest BCUT2D eigenvalue weighted by Gasteiger charge is 2.04. The van der Waals surface area contributed by atoms with Gasteiger partial charge in [-0.3, -0.25) is 0 Å². The van der Waals surface area contributed by atoms with Crippen LogP contribution in [0.4, 0.5) is 5.82 Å². The van der Waals surface area contributed by atoms with E-state index in [0.29, 0.717) is 5.82 Å². The molecule has 2 aromatic rings. The van der Waals surface area contributed by atoms with Gasteiger partial charge in [0.25, 0.3) is 0 Å². The first-order valence-electron chi connectivity index (χ1n) is 4.72.